The quantitative estimate of drug-likeness (QED) is 0.650. The van der Waals surface area contributed by atoms with Crippen LogP contribution in [-0.2, 0) is 12.7 Å². The van der Waals surface area contributed by atoms with Gasteiger partial charge in [0, 0.05) is 12.1 Å². The first-order chi connectivity index (χ1) is 9.91. The summed E-state index contributed by atoms with van der Waals surface area (Å²) in [7, 11) is 0. The molecule has 0 aliphatic heterocycles. The SMILES string of the molecule is CCCNCc1sc(-c2ccc(F)cc2)nc1C(F)(F)F. The van der Waals surface area contributed by atoms with Crippen molar-refractivity contribution in [2.24, 2.45) is 0 Å². The molecule has 1 aromatic carbocycles. The molecule has 0 atom stereocenters. The highest BCUT2D eigenvalue weighted by Crippen LogP contribution is 2.37. The molecule has 114 valence electrons. The fourth-order valence-electron chi connectivity index (χ4n) is 1.79. The van der Waals surface area contributed by atoms with Crippen LogP contribution >= 0.6 is 11.3 Å². The first-order valence-corrected chi connectivity index (χ1v) is 7.27. The highest BCUT2D eigenvalue weighted by molar-refractivity contribution is 7.15. The van der Waals surface area contributed by atoms with Crippen LogP contribution < -0.4 is 5.32 Å². The van der Waals surface area contributed by atoms with Gasteiger partial charge in [-0.2, -0.15) is 13.2 Å². The summed E-state index contributed by atoms with van der Waals surface area (Å²) in [5, 5.41) is 3.19. The predicted molar refractivity (Wildman–Crippen MR) is 74.5 cm³/mol. The molecule has 0 amide bonds. The number of nitrogens with zero attached hydrogens (tertiary/aromatic N) is 1. The highest BCUT2D eigenvalue weighted by Gasteiger charge is 2.37. The van der Waals surface area contributed by atoms with Gasteiger partial charge in [-0.3, -0.25) is 0 Å². The molecule has 1 N–H and O–H groups in total. The summed E-state index contributed by atoms with van der Waals surface area (Å²) in [4.78, 5) is 3.84. The van der Waals surface area contributed by atoms with E-state index in [1.807, 2.05) is 6.92 Å². The fourth-order valence-corrected chi connectivity index (χ4v) is 2.84. The van der Waals surface area contributed by atoms with Crippen LogP contribution in [0.5, 0.6) is 0 Å². The van der Waals surface area contributed by atoms with E-state index in [1.165, 1.54) is 24.3 Å². The number of hydrogen-bond donors (Lipinski definition) is 1. The normalized spacial score (nSPS) is 11.9. The van der Waals surface area contributed by atoms with E-state index in [-0.39, 0.29) is 16.4 Å². The zero-order valence-corrected chi connectivity index (χ0v) is 12.1. The molecule has 0 saturated carbocycles. The standard InChI is InChI=1S/C14H14F4N2S/c1-2-7-19-8-11-12(14(16,17)18)20-13(21-11)9-3-5-10(15)6-4-9/h3-6,19H,2,7-8H2,1H3. The minimum atomic E-state index is -4.49. The molecule has 0 spiro atoms. The Labute approximate surface area is 123 Å². The minimum Gasteiger partial charge on any atom is -0.312 e. The maximum Gasteiger partial charge on any atom is 0.434 e. The summed E-state index contributed by atoms with van der Waals surface area (Å²) < 4.78 is 51.9. The van der Waals surface area contributed by atoms with Gasteiger partial charge in [-0.05, 0) is 37.2 Å². The monoisotopic (exact) mass is 318 g/mol. The molecule has 0 aliphatic rings. The number of aromatic nitrogens is 1. The van der Waals surface area contributed by atoms with Gasteiger partial charge in [0.25, 0.3) is 0 Å². The van der Waals surface area contributed by atoms with Gasteiger partial charge < -0.3 is 5.32 Å². The number of thiazole rings is 1. The third-order valence-corrected chi connectivity index (χ3v) is 3.87. The molecule has 2 aromatic rings. The Kier molecular flexibility index (Phi) is 4.95. The van der Waals surface area contributed by atoms with Crippen molar-refractivity contribution in [3.63, 3.8) is 0 Å². The average molecular weight is 318 g/mol. The largest absolute Gasteiger partial charge is 0.434 e. The molecule has 1 heterocycles. The first-order valence-electron chi connectivity index (χ1n) is 6.45. The van der Waals surface area contributed by atoms with Crippen LogP contribution in [0.3, 0.4) is 0 Å². The lowest BCUT2D eigenvalue weighted by Gasteiger charge is -2.06. The molecule has 21 heavy (non-hydrogen) atoms. The molecule has 0 aliphatic carbocycles. The Bertz CT molecular complexity index is 590. The molecule has 7 heteroatoms. The highest BCUT2D eigenvalue weighted by atomic mass is 32.1. The second kappa shape index (κ2) is 6.53. The lowest BCUT2D eigenvalue weighted by Crippen LogP contribution is -2.17. The minimum absolute atomic E-state index is 0.127. The summed E-state index contributed by atoms with van der Waals surface area (Å²) in [6.07, 6.45) is -3.65. The number of benzene rings is 1. The third-order valence-electron chi connectivity index (χ3n) is 2.77. The van der Waals surface area contributed by atoms with Crippen molar-refractivity contribution in [1.29, 1.82) is 0 Å². The second-order valence-corrected chi connectivity index (χ2v) is 5.56. The van der Waals surface area contributed by atoms with Crippen molar-refractivity contribution >= 4 is 11.3 Å². The van der Waals surface area contributed by atoms with Crippen LogP contribution in [0.1, 0.15) is 23.9 Å². The Hall–Kier alpha value is -1.47. The van der Waals surface area contributed by atoms with E-state index in [9.17, 15) is 17.6 Å². The van der Waals surface area contributed by atoms with Gasteiger partial charge in [0.1, 0.15) is 10.8 Å². The topological polar surface area (TPSA) is 24.9 Å². The van der Waals surface area contributed by atoms with E-state index in [1.54, 1.807) is 0 Å². The number of nitrogens with one attached hydrogen (secondary N) is 1. The Morgan fingerprint density at radius 2 is 1.86 bits per heavy atom. The number of alkyl halides is 3. The zero-order valence-electron chi connectivity index (χ0n) is 11.3. The Balaban J connectivity index is 2.33. The van der Waals surface area contributed by atoms with Crippen LogP contribution in [-0.4, -0.2) is 11.5 Å². The molecule has 0 bridgehead atoms. The number of rotatable bonds is 5. The molecular formula is C14H14F4N2S. The predicted octanol–water partition coefficient (Wildman–Crippen LogP) is 4.47. The van der Waals surface area contributed by atoms with Crippen molar-refractivity contribution < 1.29 is 17.6 Å². The van der Waals surface area contributed by atoms with Crippen molar-refractivity contribution in [2.75, 3.05) is 6.54 Å². The van der Waals surface area contributed by atoms with E-state index in [2.05, 4.69) is 10.3 Å². The second-order valence-electron chi connectivity index (χ2n) is 4.47. The van der Waals surface area contributed by atoms with E-state index in [4.69, 9.17) is 0 Å². The van der Waals surface area contributed by atoms with Gasteiger partial charge in [0.2, 0.25) is 0 Å². The summed E-state index contributed by atoms with van der Waals surface area (Å²) in [6.45, 7) is 2.71. The number of hydrogen-bond acceptors (Lipinski definition) is 3. The van der Waals surface area contributed by atoms with E-state index in [0.717, 1.165) is 17.8 Å². The molecule has 2 rings (SSSR count). The van der Waals surface area contributed by atoms with Gasteiger partial charge in [0.05, 0.1) is 4.88 Å². The average Bonchev–Trinajstić information content (AvgIpc) is 2.84. The Morgan fingerprint density at radius 1 is 1.19 bits per heavy atom. The molecular weight excluding hydrogens is 304 g/mol. The van der Waals surface area contributed by atoms with Crippen LogP contribution in [0.4, 0.5) is 17.6 Å². The van der Waals surface area contributed by atoms with E-state index in [0.29, 0.717) is 12.1 Å². The summed E-state index contributed by atoms with van der Waals surface area (Å²) in [6, 6.07) is 5.27. The van der Waals surface area contributed by atoms with Gasteiger partial charge in [0.15, 0.2) is 5.69 Å². The third kappa shape index (κ3) is 4.01. The molecule has 0 fully saturated rings. The maximum atomic E-state index is 13.0. The summed E-state index contributed by atoms with van der Waals surface area (Å²) in [5.74, 6) is -0.434. The molecule has 0 unspecified atom stereocenters. The van der Waals surface area contributed by atoms with Crippen LogP contribution in [0.25, 0.3) is 10.6 Å². The van der Waals surface area contributed by atoms with Crippen LogP contribution in [0.15, 0.2) is 24.3 Å². The first kappa shape index (κ1) is 15.9. The zero-order chi connectivity index (χ0) is 15.5. The van der Waals surface area contributed by atoms with Crippen LogP contribution in [0.2, 0.25) is 0 Å². The molecule has 2 nitrogen and oxygen atoms in total. The van der Waals surface area contributed by atoms with Crippen molar-refractivity contribution in [3.8, 4) is 10.6 Å². The Morgan fingerprint density at radius 3 is 2.43 bits per heavy atom. The van der Waals surface area contributed by atoms with Gasteiger partial charge in [-0.15, -0.1) is 11.3 Å². The molecule has 1 aromatic heterocycles. The molecule has 0 radical (unpaired) electrons. The lowest BCUT2D eigenvalue weighted by molar-refractivity contribution is -0.141. The van der Waals surface area contributed by atoms with Gasteiger partial charge in [-0.1, -0.05) is 6.92 Å². The maximum absolute atomic E-state index is 13.0. The lowest BCUT2D eigenvalue weighted by atomic mass is 10.2. The van der Waals surface area contributed by atoms with E-state index >= 15 is 0 Å². The van der Waals surface area contributed by atoms with E-state index < -0.39 is 17.7 Å². The van der Waals surface area contributed by atoms with Crippen LogP contribution in [0, 0.1) is 5.82 Å². The van der Waals surface area contributed by atoms with Crippen molar-refractivity contribution in [1.82, 2.24) is 10.3 Å². The van der Waals surface area contributed by atoms with Crippen molar-refractivity contribution in [2.45, 2.75) is 26.1 Å². The van der Waals surface area contributed by atoms with Crippen molar-refractivity contribution in [3.05, 3.63) is 40.7 Å². The molecule has 0 saturated heterocycles. The smallest absolute Gasteiger partial charge is 0.312 e. The number of halogens is 4. The van der Waals surface area contributed by atoms with Gasteiger partial charge in [-0.25, -0.2) is 9.37 Å². The summed E-state index contributed by atoms with van der Waals surface area (Å²) in [5.41, 5.74) is -0.385. The fraction of sp³-hybridized carbons (Fsp3) is 0.357. The summed E-state index contributed by atoms with van der Waals surface area (Å²) >= 11 is 0.980. The van der Waals surface area contributed by atoms with Gasteiger partial charge >= 0.3 is 6.18 Å².